The van der Waals surface area contributed by atoms with Gasteiger partial charge in [-0.3, -0.25) is 0 Å². The van der Waals surface area contributed by atoms with Crippen molar-refractivity contribution in [3.05, 3.63) is 0 Å². The normalized spacial score (nSPS) is 13.9. The fourth-order valence-electron chi connectivity index (χ4n) is 0.867. The largest absolute Gasteiger partial charge is 0.212 e. The Labute approximate surface area is 86.4 Å². The van der Waals surface area contributed by atoms with Crippen LogP contribution in [0.4, 0.5) is 0 Å². The zero-order valence-corrected chi connectivity index (χ0v) is 9.76. The van der Waals surface area contributed by atoms with E-state index in [-0.39, 0.29) is 5.75 Å². The van der Waals surface area contributed by atoms with Crippen molar-refractivity contribution in [2.45, 2.75) is 39.7 Å². The van der Waals surface area contributed by atoms with Gasteiger partial charge in [-0.05, 0) is 18.8 Å². The fourth-order valence-corrected chi connectivity index (χ4v) is 2.42. The SMILES string of the molecule is CCC(C#N)NS(=O)(=O)CCC(C)C. The van der Waals surface area contributed by atoms with Gasteiger partial charge in [-0.1, -0.05) is 20.8 Å². The van der Waals surface area contributed by atoms with Crippen LogP contribution in [0.15, 0.2) is 0 Å². The Kier molecular flexibility index (Phi) is 5.73. The van der Waals surface area contributed by atoms with Gasteiger partial charge in [0.05, 0.1) is 11.8 Å². The Morgan fingerprint density at radius 1 is 1.43 bits per heavy atom. The molecule has 0 radical (unpaired) electrons. The van der Waals surface area contributed by atoms with E-state index >= 15 is 0 Å². The van der Waals surface area contributed by atoms with Gasteiger partial charge in [-0.25, -0.2) is 8.42 Å². The maximum Gasteiger partial charge on any atom is 0.212 e. The van der Waals surface area contributed by atoms with Gasteiger partial charge >= 0.3 is 0 Å². The first-order valence-corrected chi connectivity index (χ1v) is 6.46. The second-order valence-corrected chi connectivity index (χ2v) is 5.58. The second kappa shape index (κ2) is 5.99. The maximum atomic E-state index is 11.4. The molecule has 0 aromatic rings. The van der Waals surface area contributed by atoms with E-state index in [9.17, 15) is 8.42 Å². The van der Waals surface area contributed by atoms with Crippen LogP contribution in [-0.2, 0) is 10.0 Å². The summed E-state index contributed by atoms with van der Waals surface area (Å²) in [6, 6.07) is 1.31. The molecule has 0 saturated carbocycles. The van der Waals surface area contributed by atoms with Crippen molar-refractivity contribution in [2.24, 2.45) is 5.92 Å². The highest BCUT2D eigenvalue weighted by atomic mass is 32.2. The summed E-state index contributed by atoms with van der Waals surface area (Å²) in [6.07, 6.45) is 1.12. The third-order valence-corrected chi connectivity index (χ3v) is 3.27. The van der Waals surface area contributed by atoms with Crippen molar-refractivity contribution >= 4 is 10.0 Å². The van der Waals surface area contributed by atoms with Gasteiger partial charge in [-0.15, -0.1) is 0 Å². The highest BCUT2D eigenvalue weighted by Crippen LogP contribution is 2.03. The maximum absolute atomic E-state index is 11.4. The zero-order valence-electron chi connectivity index (χ0n) is 8.95. The van der Waals surface area contributed by atoms with E-state index in [4.69, 9.17) is 5.26 Å². The zero-order chi connectivity index (χ0) is 11.2. The molecule has 1 N–H and O–H groups in total. The minimum absolute atomic E-state index is 0.100. The minimum atomic E-state index is -3.27. The first-order chi connectivity index (χ1) is 6.41. The Hall–Kier alpha value is -0.600. The molecular formula is C9H18N2O2S. The number of nitrogens with zero attached hydrogens (tertiary/aromatic N) is 1. The molecule has 0 rings (SSSR count). The Morgan fingerprint density at radius 3 is 2.36 bits per heavy atom. The second-order valence-electron chi connectivity index (χ2n) is 3.71. The van der Waals surface area contributed by atoms with E-state index < -0.39 is 16.1 Å². The van der Waals surface area contributed by atoms with Crippen LogP contribution in [0.2, 0.25) is 0 Å². The van der Waals surface area contributed by atoms with Crippen LogP contribution in [0.25, 0.3) is 0 Å². The summed E-state index contributed by atoms with van der Waals surface area (Å²) in [6.45, 7) is 5.72. The molecule has 0 saturated heterocycles. The molecule has 0 spiro atoms. The third kappa shape index (κ3) is 5.95. The van der Waals surface area contributed by atoms with Crippen LogP contribution in [0.1, 0.15) is 33.6 Å². The van der Waals surface area contributed by atoms with Gasteiger partial charge in [0.2, 0.25) is 10.0 Å². The molecule has 0 bridgehead atoms. The highest BCUT2D eigenvalue weighted by Gasteiger charge is 2.15. The molecule has 0 amide bonds. The van der Waals surface area contributed by atoms with Crippen molar-refractivity contribution < 1.29 is 8.42 Å². The van der Waals surface area contributed by atoms with Crippen molar-refractivity contribution in [3.63, 3.8) is 0 Å². The Balaban J connectivity index is 4.15. The molecule has 0 aliphatic carbocycles. The van der Waals surface area contributed by atoms with Crippen molar-refractivity contribution in [2.75, 3.05) is 5.75 Å². The fraction of sp³-hybridized carbons (Fsp3) is 0.889. The number of hydrogen-bond donors (Lipinski definition) is 1. The monoisotopic (exact) mass is 218 g/mol. The molecule has 0 aliphatic heterocycles. The molecule has 0 heterocycles. The van der Waals surface area contributed by atoms with Crippen LogP contribution in [-0.4, -0.2) is 20.2 Å². The predicted octanol–water partition coefficient (Wildman–Crippen LogP) is 1.25. The summed E-state index contributed by atoms with van der Waals surface area (Å²) in [5.74, 6) is 0.455. The molecule has 0 aromatic carbocycles. The van der Waals surface area contributed by atoms with Gasteiger partial charge in [-0.2, -0.15) is 9.98 Å². The summed E-state index contributed by atoms with van der Waals surface area (Å²) in [4.78, 5) is 0. The summed E-state index contributed by atoms with van der Waals surface area (Å²) in [7, 11) is -3.27. The lowest BCUT2D eigenvalue weighted by atomic mass is 10.2. The Morgan fingerprint density at radius 2 is 2.00 bits per heavy atom. The van der Waals surface area contributed by atoms with Crippen molar-refractivity contribution in [3.8, 4) is 6.07 Å². The molecule has 82 valence electrons. The highest BCUT2D eigenvalue weighted by molar-refractivity contribution is 7.89. The van der Waals surface area contributed by atoms with Gasteiger partial charge in [0.1, 0.15) is 6.04 Å². The van der Waals surface area contributed by atoms with Crippen LogP contribution in [0.5, 0.6) is 0 Å². The Bertz CT molecular complexity index is 290. The van der Waals surface area contributed by atoms with Gasteiger partial charge in [0.25, 0.3) is 0 Å². The molecule has 4 nitrogen and oxygen atoms in total. The van der Waals surface area contributed by atoms with Crippen molar-refractivity contribution in [1.29, 1.82) is 5.26 Å². The average Bonchev–Trinajstić information content (AvgIpc) is 2.11. The lowest BCUT2D eigenvalue weighted by Gasteiger charge is -2.10. The quantitative estimate of drug-likeness (QED) is 0.729. The van der Waals surface area contributed by atoms with E-state index in [2.05, 4.69) is 4.72 Å². The number of nitrogens with one attached hydrogen (secondary N) is 1. The lowest BCUT2D eigenvalue weighted by molar-refractivity contribution is 0.552. The van der Waals surface area contributed by atoms with Crippen LogP contribution < -0.4 is 4.72 Å². The van der Waals surface area contributed by atoms with Gasteiger partial charge in [0, 0.05) is 0 Å². The molecule has 1 unspecified atom stereocenters. The first kappa shape index (κ1) is 13.4. The van der Waals surface area contributed by atoms with Gasteiger partial charge in [0.15, 0.2) is 0 Å². The predicted molar refractivity (Wildman–Crippen MR) is 56.1 cm³/mol. The molecule has 14 heavy (non-hydrogen) atoms. The van der Waals surface area contributed by atoms with Crippen LogP contribution in [0.3, 0.4) is 0 Å². The summed E-state index contributed by atoms with van der Waals surface area (Å²) in [5.41, 5.74) is 0. The van der Waals surface area contributed by atoms with E-state index in [1.54, 1.807) is 6.92 Å². The van der Waals surface area contributed by atoms with Crippen molar-refractivity contribution in [1.82, 2.24) is 4.72 Å². The molecular weight excluding hydrogens is 200 g/mol. The van der Waals surface area contributed by atoms with E-state index in [1.807, 2.05) is 19.9 Å². The average molecular weight is 218 g/mol. The third-order valence-electron chi connectivity index (χ3n) is 1.85. The molecule has 5 heteroatoms. The standard InChI is InChI=1S/C9H18N2O2S/c1-4-9(7-10)11-14(12,13)6-5-8(2)3/h8-9,11H,4-6H2,1-3H3. The van der Waals surface area contributed by atoms with E-state index in [0.29, 0.717) is 18.8 Å². The van der Waals surface area contributed by atoms with Gasteiger partial charge < -0.3 is 0 Å². The number of hydrogen-bond acceptors (Lipinski definition) is 3. The number of rotatable bonds is 6. The van der Waals surface area contributed by atoms with E-state index in [0.717, 1.165) is 0 Å². The van der Waals surface area contributed by atoms with Crippen LogP contribution >= 0.6 is 0 Å². The number of sulfonamides is 1. The number of nitriles is 1. The molecule has 0 aliphatic rings. The summed E-state index contributed by atoms with van der Waals surface area (Å²) >= 11 is 0. The molecule has 0 fully saturated rings. The van der Waals surface area contributed by atoms with Crippen LogP contribution in [0, 0.1) is 17.2 Å². The first-order valence-electron chi connectivity index (χ1n) is 4.81. The molecule has 1 atom stereocenters. The topological polar surface area (TPSA) is 70.0 Å². The smallest absolute Gasteiger partial charge is 0.212 e. The summed E-state index contributed by atoms with van der Waals surface area (Å²) in [5, 5.41) is 8.59. The molecule has 0 aromatic heterocycles. The lowest BCUT2D eigenvalue weighted by Crippen LogP contribution is -2.35. The minimum Gasteiger partial charge on any atom is -0.212 e. The van der Waals surface area contributed by atoms with E-state index in [1.165, 1.54) is 0 Å². The summed E-state index contributed by atoms with van der Waals surface area (Å²) < 4.78 is 25.2.